The molecule has 4 aromatic rings. The fourth-order valence-corrected chi connectivity index (χ4v) is 2.79. The van der Waals surface area contributed by atoms with E-state index in [0.29, 0.717) is 17.3 Å². The van der Waals surface area contributed by atoms with Crippen LogP contribution in [0, 0.1) is 0 Å². The van der Waals surface area contributed by atoms with Gasteiger partial charge in [-0.25, -0.2) is 15.0 Å². The molecule has 13 heteroatoms. The molecule has 0 spiro atoms. The molecule has 0 amide bonds. The molecule has 0 saturated carbocycles. The van der Waals surface area contributed by atoms with E-state index < -0.39 is 0 Å². The summed E-state index contributed by atoms with van der Waals surface area (Å²) in [5.74, 6) is 0.481. The fourth-order valence-electron chi connectivity index (χ4n) is 2.79. The molecule has 0 unspecified atom stereocenters. The van der Waals surface area contributed by atoms with Crippen LogP contribution in [0.5, 0.6) is 0 Å². The van der Waals surface area contributed by atoms with E-state index in [1.54, 1.807) is 18.5 Å². The van der Waals surface area contributed by atoms with Gasteiger partial charge in [0.1, 0.15) is 27.6 Å². The van der Waals surface area contributed by atoms with E-state index in [-0.39, 0.29) is 10.5 Å². The third-order valence-corrected chi connectivity index (χ3v) is 5.61. The zero-order valence-electron chi connectivity index (χ0n) is 17.8. The van der Waals surface area contributed by atoms with E-state index in [0.717, 1.165) is 17.1 Å². The predicted octanol–water partition coefficient (Wildman–Crippen LogP) is -2.02. The average Bonchev–Trinajstić information content (AvgIpc) is 3.40. The summed E-state index contributed by atoms with van der Waals surface area (Å²) >= 11 is 0. The van der Waals surface area contributed by atoms with Crippen molar-refractivity contribution in [2.45, 2.75) is 10.5 Å². The lowest BCUT2D eigenvalue weighted by atomic mass is 9.26. The van der Waals surface area contributed by atoms with Gasteiger partial charge in [-0.3, -0.25) is 4.68 Å². The minimum atomic E-state index is -0.152. The van der Waals surface area contributed by atoms with E-state index in [1.165, 1.54) is 6.26 Å². The number of rotatable bonds is 6. The van der Waals surface area contributed by atoms with E-state index in [4.69, 9.17) is 4.52 Å². The van der Waals surface area contributed by atoms with E-state index in [2.05, 4.69) is 69.8 Å². The number of nitrogens with one attached hydrogen (secondary N) is 1. The topological polar surface area (TPSA) is 94.6 Å². The molecule has 0 aromatic carbocycles. The van der Waals surface area contributed by atoms with Crippen molar-refractivity contribution < 1.29 is 4.52 Å². The quantitative estimate of drug-likeness (QED) is 0.379. The van der Waals surface area contributed by atoms with Crippen molar-refractivity contribution in [3.8, 4) is 22.8 Å². The van der Waals surface area contributed by atoms with Crippen molar-refractivity contribution in [1.82, 2.24) is 29.9 Å². The molecule has 1 N–H and O–H groups in total. The van der Waals surface area contributed by atoms with Gasteiger partial charge in [-0.2, -0.15) is 5.10 Å². The Bertz CT molecular complexity index is 1160. The molecule has 0 aliphatic heterocycles. The molecule has 4 aromatic heterocycles. The molecule has 8 nitrogen and oxygen atoms in total. The largest absolute Gasteiger partial charge is 0.364 e. The summed E-state index contributed by atoms with van der Waals surface area (Å²) in [6.07, 6.45) is 6.99. The number of hydrogen-bond donors (Lipinski definition) is 1. The predicted molar refractivity (Wildman–Crippen MR) is 130 cm³/mol. The lowest BCUT2D eigenvalue weighted by Gasteiger charge is -2.40. The summed E-state index contributed by atoms with van der Waals surface area (Å²) in [6.45, 7) is 0. The first-order chi connectivity index (χ1) is 14.2. The van der Waals surface area contributed by atoms with Crippen molar-refractivity contribution in [3.63, 3.8) is 0 Å². The second kappa shape index (κ2) is 7.55. The Kier molecular flexibility index (Phi) is 5.05. The zero-order chi connectivity index (χ0) is 21.4. The van der Waals surface area contributed by atoms with Gasteiger partial charge in [0.15, 0.2) is 0 Å². The summed E-state index contributed by atoms with van der Waals surface area (Å²) in [5.41, 5.74) is 3.66. The van der Waals surface area contributed by atoms with Gasteiger partial charge in [0.25, 0.3) is 0 Å². The van der Waals surface area contributed by atoms with Gasteiger partial charge in [-0.05, 0) is 23.5 Å². The van der Waals surface area contributed by atoms with Crippen molar-refractivity contribution >= 4 is 50.9 Å². The maximum absolute atomic E-state index is 4.91. The highest BCUT2D eigenvalue weighted by Gasteiger charge is 2.34. The van der Waals surface area contributed by atoms with Gasteiger partial charge in [0, 0.05) is 18.5 Å². The maximum atomic E-state index is 4.91. The first-order valence-corrected chi connectivity index (χ1v) is 9.77. The molecule has 0 radical (unpaired) electrons. The van der Waals surface area contributed by atoms with Crippen LogP contribution >= 0.6 is 0 Å². The minimum absolute atomic E-state index is 0.0488. The van der Waals surface area contributed by atoms with Crippen LogP contribution in [0.1, 0.15) is 0 Å². The monoisotopic (exact) mass is 393 g/mol. The second-order valence-corrected chi connectivity index (χ2v) is 8.67. The molecule has 144 valence electrons. The fraction of sp³-hybridized carbons (Fsp3) is 0.118. The number of nitrogens with zero attached hydrogens (tertiary/aromatic N) is 6. The molecule has 4 rings (SSSR count). The number of anilines is 2. The van der Waals surface area contributed by atoms with Crippen LogP contribution in [0.25, 0.3) is 22.8 Å². The highest BCUT2D eigenvalue weighted by Crippen LogP contribution is 2.30. The Hall–Kier alpha value is -3.23. The van der Waals surface area contributed by atoms with Gasteiger partial charge in [0.05, 0.1) is 52.5 Å². The number of pyridine rings is 1. The minimum Gasteiger partial charge on any atom is -0.364 e. The number of hydrogen-bond acceptors (Lipinski definition) is 7. The molecular formula is C17H20B5N7O. The number of aromatic nitrogens is 6. The summed E-state index contributed by atoms with van der Waals surface area (Å²) in [7, 11) is 11.0. The van der Waals surface area contributed by atoms with Crippen LogP contribution in [0.2, 0.25) is 5.11 Å². The normalized spacial score (nSPS) is 12.0. The highest BCUT2D eigenvalue weighted by atomic mass is 16.5. The molecule has 0 saturated heterocycles. The van der Waals surface area contributed by atoms with Crippen LogP contribution in [-0.4, -0.2) is 69.1 Å². The summed E-state index contributed by atoms with van der Waals surface area (Å²) < 4.78 is 6.89. The SMILES string of the molecule is BC(B)(B)C(B)(B)n1cc(Nc2nccc(-c3cccc(-c4ccon4)n3)n2)cn1. The molecule has 0 aliphatic rings. The van der Waals surface area contributed by atoms with Gasteiger partial charge in [-0.15, -0.1) is 5.11 Å². The van der Waals surface area contributed by atoms with Crippen LogP contribution in [0.4, 0.5) is 11.6 Å². The van der Waals surface area contributed by atoms with E-state index in [9.17, 15) is 0 Å². The van der Waals surface area contributed by atoms with Crippen molar-refractivity contribution in [2.75, 3.05) is 5.32 Å². The van der Waals surface area contributed by atoms with Gasteiger partial charge < -0.3 is 9.84 Å². The van der Waals surface area contributed by atoms with Crippen molar-refractivity contribution in [1.29, 1.82) is 0 Å². The Morgan fingerprint density at radius 1 is 0.900 bits per heavy atom. The molecule has 4 heterocycles. The van der Waals surface area contributed by atoms with Gasteiger partial charge in [-0.1, -0.05) is 11.2 Å². The zero-order valence-corrected chi connectivity index (χ0v) is 17.8. The first-order valence-electron chi connectivity index (χ1n) is 9.77. The first kappa shape index (κ1) is 20.1. The molecule has 0 bridgehead atoms. The molecule has 0 fully saturated rings. The van der Waals surface area contributed by atoms with Crippen LogP contribution in [0.15, 0.2) is 59.7 Å². The Labute approximate surface area is 179 Å². The maximum Gasteiger partial charge on any atom is 0.227 e. The van der Waals surface area contributed by atoms with Gasteiger partial charge in [0.2, 0.25) is 5.95 Å². The van der Waals surface area contributed by atoms with Gasteiger partial charge >= 0.3 is 0 Å². The molecular weight excluding hydrogens is 372 g/mol. The highest BCUT2D eigenvalue weighted by molar-refractivity contribution is 6.66. The average molecular weight is 392 g/mol. The van der Waals surface area contributed by atoms with Crippen LogP contribution in [0.3, 0.4) is 0 Å². The molecule has 0 atom stereocenters. The van der Waals surface area contributed by atoms with Crippen molar-refractivity contribution in [3.05, 3.63) is 55.2 Å². The second-order valence-electron chi connectivity index (χ2n) is 8.67. The third kappa shape index (κ3) is 3.92. The summed E-state index contributed by atoms with van der Waals surface area (Å²) in [5, 5.41) is 11.6. The molecule has 0 aliphatic carbocycles. The third-order valence-electron chi connectivity index (χ3n) is 5.61. The summed E-state index contributed by atoms with van der Waals surface area (Å²) in [6, 6.07) is 9.30. The van der Waals surface area contributed by atoms with E-state index in [1.807, 2.05) is 35.1 Å². The van der Waals surface area contributed by atoms with E-state index >= 15 is 0 Å². The lowest BCUT2D eigenvalue weighted by Crippen LogP contribution is -2.48. The Morgan fingerprint density at radius 3 is 2.33 bits per heavy atom. The lowest BCUT2D eigenvalue weighted by molar-refractivity contribution is 0.422. The van der Waals surface area contributed by atoms with Crippen LogP contribution < -0.4 is 5.32 Å². The standard InChI is InChI=1S/C17H20B5N7O/c18-16(19,20)17(21,22)29-9-10(8-24-29)25-15-23-6-4-13(27-15)11-2-1-3-12(26-11)14-5-7-30-28-14/h1-9H,18-22H2,(H,23,25,27). The Balaban J connectivity index is 1.58. The van der Waals surface area contributed by atoms with Crippen LogP contribution in [-0.2, 0) is 5.34 Å². The summed E-state index contributed by atoms with van der Waals surface area (Å²) in [4.78, 5) is 13.6. The molecule has 30 heavy (non-hydrogen) atoms. The smallest absolute Gasteiger partial charge is 0.227 e. The Morgan fingerprint density at radius 2 is 1.63 bits per heavy atom. The van der Waals surface area contributed by atoms with Crippen molar-refractivity contribution in [2.24, 2.45) is 0 Å².